The molecule has 0 bridgehead atoms. The van der Waals surface area contributed by atoms with Crippen LogP contribution in [0.15, 0.2) is 41.8 Å². The van der Waals surface area contributed by atoms with E-state index in [0.717, 1.165) is 30.4 Å². The Morgan fingerprint density at radius 3 is 2.56 bits per heavy atom. The molecule has 0 unspecified atom stereocenters. The van der Waals surface area contributed by atoms with Gasteiger partial charge in [0.2, 0.25) is 0 Å². The first kappa shape index (κ1) is 19.1. The Morgan fingerprint density at radius 2 is 1.89 bits per heavy atom. The molecule has 0 spiro atoms. The number of likely N-dealkylation sites (N-methyl/N-ethyl adjacent to an activating group) is 1. The van der Waals surface area contributed by atoms with Crippen LogP contribution in [0, 0.1) is 11.3 Å². The van der Waals surface area contributed by atoms with Crippen molar-refractivity contribution in [3.63, 3.8) is 0 Å². The fourth-order valence-corrected chi connectivity index (χ4v) is 4.31. The summed E-state index contributed by atoms with van der Waals surface area (Å²) in [7, 11) is 1.63. The van der Waals surface area contributed by atoms with Gasteiger partial charge in [0, 0.05) is 12.6 Å². The molecule has 2 aromatic rings. The Hall–Kier alpha value is -2.65. The summed E-state index contributed by atoms with van der Waals surface area (Å²) in [6.45, 7) is -0.356. The van der Waals surface area contributed by atoms with Gasteiger partial charge in [0.1, 0.15) is 10.4 Å². The van der Waals surface area contributed by atoms with Crippen molar-refractivity contribution in [1.29, 1.82) is 5.26 Å². The largest absolute Gasteiger partial charge is 0.451 e. The van der Waals surface area contributed by atoms with Crippen molar-refractivity contribution in [1.82, 2.24) is 4.90 Å². The van der Waals surface area contributed by atoms with E-state index in [0.29, 0.717) is 17.7 Å². The predicted octanol–water partition coefficient (Wildman–Crippen LogP) is 4.26. The molecule has 1 aromatic heterocycles. The molecule has 1 aliphatic carbocycles. The maximum atomic E-state index is 12.5. The van der Waals surface area contributed by atoms with Gasteiger partial charge in [0.15, 0.2) is 6.61 Å². The topological polar surface area (TPSA) is 70.4 Å². The average Bonchev–Trinajstić information content (AvgIpc) is 3.22. The maximum absolute atomic E-state index is 12.5. The molecule has 1 saturated carbocycles. The SMILES string of the molecule is CN(C(=O)COC(=O)c1sccc1-c1ccccc1)C1(C#N)CCCCC1. The third-order valence-electron chi connectivity index (χ3n) is 5.17. The standard InChI is InChI=1S/C21H22N2O3S/c1-23(21(15-22)11-6-3-7-12-21)18(24)14-26-20(25)19-17(10-13-27-19)16-8-4-2-5-9-16/h2,4-5,8-10,13H,3,6-7,11-12,14H2,1H3. The second kappa shape index (κ2) is 8.36. The molecule has 1 aliphatic rings. The molecule has 1 heterocycles. The van der Waals surface area contributed by atoms with Crippen LogP contribution < -0.4 is 0 Å². The van der Waals surface area contributed by atoms with Gasteiger partial charge in [-0.3, -0.25) is 4.79 Å². The number of thiophene rings is 1. The van der Waals surface area contributed by atoms with E-state index >= 15 is 0 Å². The molecule has 0 aliphatic heterocycles. The predicted molar refractivity (Wildman–Crippen MR) is 104 cm³/mol. The lowest BCUT2D eigenvalue weighted by Crippen LogP contribution is -2.51. The summed E-state index contributed by atoms with van der Waals surface area (Å²) in [5.74, 6) is -0.857. The van der Waals surface area contributed by atoms with Crippen LogP contribution in [-0.4, -0.2) is 36.0 Å². The minimum Gasteiger partial charge on any atom is -0.451 e. The first-order valence-corrected chi connectivity index (χ1v) is 9.93. The maximum Gasteiger partial charge on any atom is 0.349 e. The van der Waals surface area contributed by atoms with E-state index in [1.807, 2.05) is 41.8 Å². The van der Waals surface area contributed by atoms with E-state index in [1.54, 1.807) is 7.05 Å². The molecule has 0 saturated heterocycles. The third kappa shape index (κ3) is 4.04. The summed E-state index contributed by atoms with van der Waals surface area (Å²) in [5, 5.41) is 11.4. The van der Waals surface area contributed by atoms with Crippen molar-refractivity contribution in [2.45, 2.75) is 37.6 Å². The van der Waals surface area contributed by atoms with Crippen LogP contribution in [0.1, 0.15) is 41.8 Å². The fraction of sp³-hybridized carbons (Fsp3) is 0.381. The lowest BCUT2D eigenvalue weighted by atomic mass is 9.81. The summed E-state index contributed by atoms with van der Waals surface area (Å²) in [6, 6.07) is 13.8. The molecule has 0 radical (unpaired) electrons. The second-order valence-electron chi connectivity index (χ2n) is 6.76. The second-order valence-corrected chi connectivity index (χ2v) is 7.68. The summed E-state index contributed by atoms with van der Waals surface area (Å²) in [6.07, 6.45) is 4.29. The number of benzene rings is 1. The van der Waals surface area contributed by atoms with E-state index in [-0.39, 0.29) is 12.5 Å². The van der Waals surface area contributed by atoms with E-state index in [4.69, 9.17) is 4.74 Å². The molecule has 0 atom stereocenters. The summed E-state index contributed by atoms with van der Waals surface area (Å²) in [4.78, 5) is 27.0. The van der Waals surface area contributed by atoms with Gasteiger partial charge >= 0.3 is 5.97 Å². The van der Waals surface area contributed by atoms with Gasteiger partial charge in [0.05, 0.1) is 6.07 Å². The van der Waals surface area contributed by atoms with Gasteiger partial charge < -0.3 is 9.64 Å². The van der Waals surface area contributed by atoms with Crippen molar-refractivity contribution in [2.24, 2.45) is 0 Å². The van der Waals surface area contributed by atoms with Crippen molar-refractivity contribution in [3.05, 3.63) is 46.7 Å². The van der Waals surface area contributed by atoms with Gasteiger partial charge in [-0.15, -0.1) is 11.3 Å². The van der Waals surface area contributed by atoms with Gasteiger partial charge in [0.25, 0.3) is 5.91 Å². The van der Waals surface area contributed by atoms with Gasteiger partial charge in [-0.2, -0.15) is 5.26 Å². The zero-order valence-corrected chi connectivity index (χ0v) is 16.1. The quantitative estimate of drug-likeness (QED) is 0.725. The smallest absolute Gasteiger partial charge is 0.349 e. The average molecular weight is 382 g/mol. The number of ether oxygens (including phenoxy) is 1. The highest BCUT2D eigenvalue weighted by molar-refractivity contribution is 7.12. The van der Waals surface area contributed by atoms with Crippen molar-refractivity contribution in [3.8, 4) is 17.2 Å². The van der Waals surface area contributed by atoms with E-state index in [9.17, 15) is 14.9 Å². The third-order valence-corrected chi connectivity index (χ3v) is 6.06. The van der Waals surface area contributed by atoms with E-state index in [1.165, 1.54) is 16.2 Å². The van der Waals surface area contributed by atoms with Crippen LogP contribution >= 0.6 is 11.3 Å². The summed E-state index contributed by atoms with van der Waals surface area (Å²) in [5.41, 5.74) is 0.951. The summed E-state index contributed by atoms with van der Waals surface area (Å²) >= 11 is 1.29. The van der Waals surface area contributed by atoms with Crippen molar-refractivity contribution >= 4 is 23.2 Å². The van der Waals surface area contributed by atoms with Crippen LogP contribution in [0.4, 0.5) is 0 Å². The van der Waals surface area contributed by atoms with E-state index in [2.05, 4.69) is 6.07 Å². The zero-order chi connectivity index (χ0) is 19.3. The highest BCUT2D eigenvalue weighted by Crippen LogP contribution is 2.33. The molecule has 5 nitrogen and oxygen atoms in total. The first-order chi connectivity index (χ1) is 13.1. The molecule has 1 aromatic carbocycles. The normalized spacial score (nSPS) is 15.6. The Morgan fingerprint density at radius 1 is 1.19 bits per heavy atom. The molecule has 140 valence electrons. The highest BCUT2D eigenvalue weighted by Gasteiger charge is 2.39. The zero-order valence-electron chi connectivity index (χ0n) is 15.3. The number of carbonyl (C=O) groups is 2. The van der Waals surface area contributed by atoms with Crippen LogP contribution in [-0.2, 0) is 9.53 Å². The number of rotatable bonds is 5. The number of hydrogen-bond acceptors (Lipinski definition) is 5. The van der Waals surface area contributed by atoms with Crippen LogP contribution in [0.5, 0.6) is 0 Å². The Balaban J connectivity index is 1.65. The monoisotopic (exact) mass is 382 g/mol. The highest BCUT2D eigenvalue weighted by atomic mass is 32.1. The fourth-order valence-electron chi connectivity index (χ4n) is 3.50. The molecule has 1 amide bonds. The molecular weight excluding hydrogens is 360 g/mol. The minimum atomic E-state index is -0.778. The molecule has 3 rings (SSSR count). The number of hydrogen-bond donors (Lipinski definition) is 0. The molecular formula is C21H22N2O3S. The van der Waals surface area contributed by atoms with Crippen LogP contribution in [0.2, 0.25) is 0 Å². The van der Waals surface area contributed by atoms with Gasteiger partial charge in [-0.05, 0) is 29.9 Å². The molecule has 6 heteroatoms. The molecule has 0 N–H and O–H groups in total. The van der Waals surface area contributed by atoms with Crippen molar-refractivity contribution in [2.75, 3.05) is 13.7 Å². The number of nitriles is 1. The van der Waals surface area contributed by atoms with Gasteiger partial charge in [-0.25, -0.2) is 4.79 Å². The Labute approximate surface area is 163 Å². The van der Waals surface area contributed by atoms with Gasteiger partial charge in [-0.1, -0.05) is 49.6 Å². The minimum absolute atomic E-state index is 0.343. The van der Waals surface area contributed by atoms with Crippen molar-refractivity contribution < 1.29 is 14.3 Å². The Kier molecular flexibility index (Phi) is 5.92. The van der Waals surface area contributed by atoms with Crippen LogP contribution in [0.25, 0.3) is 11.1 Å². The molecule has 1 fully saturated rings. The number of esters is 1. The summed E-state index contributed by atoms with van der Waals surface area (Å²) < 4.78 is 5.28. The number of carbonyl (C=O) groups excluding carboxylic acids is 2. The van der Waals surface area contributed by atoms with Crippen LogP contribution in [0.3, 0.4) is 0 Å². The molecule has 27 heavy (non-hydrogen) atoms. The Bertz CT molecular complexity index is 848. The number of nitrogens with zero attached hydrogens (tertiary/aromatic N) is 2. The van der Waals surface area contributed by atoms with E-state index < -0.39 is 11.5 Å². The number of amides is 1. The first-order valence-electron chi connectivity index (χ1n) is 9.05. The lowest BCUT2D eigenvalue weighted by molar-refractivity contribution is -0.138. The lowest BCUT2D eigenvalue weighted by Gasteiger charge is -2.38.